The SMILES string of the molecule is CN(C(=O)c1ccc2nc(N)c3cncn3c2c1)C1COCc2ccc(C(F)(F)F)cc21. The van der Waals surface area contributed by atoms with Crippen molar-refractivity contribution in [3.8, 4) is 0 Å². The van der Waals surface area contributed by atoms with E-state index in [1.165, 1.54) is 11.0 Å². The van der Waals surface area contributed by atoms with Crippen LogP contribution >= 0.6 is 0 Å². The maximum atomic E-state index is 13.3. The lowest BCUT2D eigenvalue weighted by Gasteiger charge is -2.33. The number of nitrogens with two attached hydrogens (primary N) is 1. The molecule has 7 nitrogen and oxygen atoms in total. The molecule has 3 heterocycles. The highest BCUT2D eigenvalue weighted by molar-refractivity contribution is 5.98. The van der Waals surface area contributed by atoms with Gasteiger partial charge in [0, 0.05) is 12.6 Å². The molecule has 1 amide bonds. The first-order chi connectivity index (χ1) is 15.2. The first-order valence-electron chi connectivity index (χ1n) is 9.80. The van der Waals surface area contributed by atoms with Gasteiger partial charge in [-0.3, -0.25) is 9.20 Å². The minimum absolute atomic E-state index is 0.105. The summed E-state index contributed by atoms with van der Waals surface area (Å²) in [4.78, 5) is 23.1. The Balaban J connectivity index is 1.53. The van der Waals surface area contributed by atoms with E-state index in [1.807, 2.05) is 0 Å². The molecular formula is C22H18F3N5O2. The minimum Gasteiger partial charge on any atom is -0.382 e. The van der Waals surface area contributed by atoms with Crippen LogP contribution in [0.1, 0.15) is 33.1 Å². The largest absolute Gasteiger partial charge is 0.416 e. The van der Waals surface area contributed by atoms with Crippen molar-refractivity contribution in [3.63, 3.8) is 0 Å². The summed E-state index contributed by atoms with van der Waals surface area (Å²) in [5.74, 6) is -0.0292. The number of likely N-dealkylation sites (N-methyl/N-ethyl adjacent to an activating group) is 1. The molecule has 0 fully saturated rings. The van der Waals surface area contributed by atoms with E-state index in [0.29, 0.717) is 39.1 Å². The summed E-state index contributed by atoms with van der Waals surface area (Å²) >= 11 is 0. The third kappa shape index (κ3) is 3.23. The summed E-state index contributed by atoms with van der Waals surface area (Å²) in [6.07, 6.45) is -1.31. The molecule has 32 heavy (non-hydrogen) atoms. The molecule has 2 N–H and O–H groups in total. The molecule has 1 unspecified atom stereocenters. The van der Waals surface area contributed by atoms with Crippen LogP contribution < -0.4 is 5.73 Å². The number of carbonyl (C=O) groups is 1. The predicted octanol–water partition coefficient (Wildman–Crippen LogP) is 3.83. The topological polar surface area (TPSA) is 85.8 Å². The van der Waals surface area contributed by atoms with Crippen molar-refractivity contribution >= 4 is 28.3 Å². The molecule has 0 saturated carbocycles. The Hall–Kier alpha value is -3.66. The lowest BCUT2D eigenvalue weighted by Crippen LogP contribution is -2.36. The van der Waals surface area contributed by atoms with E-state index in [4.69, 9.17) is 10.5 Å². The molecule has 0 saturated heterocycles. The van der Waals surface area contributed by atoms with Gasteiger partial charge < -0.3 is 15.4 Å². The van der Waals surface area contributed by atoms with Crippen molar-refractivity contribution in [2.24, 2.45) is 0 Å². The van der Waals surface area contributed by atoms with Crippen molar-refractivity contribution in [2.75, 3.05) is 19.4 Å². The van der Waals surface area contributed by atoms with E-state index in [1.54, 1.807) is 42.2 Å². The number of hydrogen-bond donors (Lipinski definition) is 1. The first kappa shape index (κ1) is 20.3. The molecule has 0 radical (unpaired) electrons. The number of hydrogen-bond acceptors (Lipinski definition) is 5. The fraction of sp³-hybridized carbons (Fsp3) is 0.227. The number of alkyl halides is 3. The van der Waals surface area contributed by atoms with E-state index >= 15 is 0 Å². The average molecular weight is 441 g/mol. The van der Waals surface area contributed by atoms with Gasteiger partial charge in [-0.05, 0) is 41.5 Å². The third-order valence-electron chi connectivity index (χ3n) is 5.78. The van der Waals surface area contributed by atoms with E-state index < -0.39 is 17.8 Å². The van der Waals surface area contributed by atoms with Crippen LogP contribution in [0.2, 0.25) is 0 Å². The highest BCUT2D eigenvalue weighted by Crippen LogP contribution is 2.36. The van der Waals surface area contributed by atoms with Gasteiger partial charge in [-0.25, -0.2) is 9.97 Å². The van der Waals surface area contributed by atoms with Crippen molar-refractivity contribution in [1.82, 2.24) is 19.3 Å². The maximum absolute atomic E-state index is 13.3. The summed E-state index contributed by atoms with van der Waals surface area (Å²) in [6.45, 7) is 0.307. The van der Waals surface area contributed by atoms with Gasteiger partial charge in [0.05, 0.1) is 48.4 Å². The number of halogens is 3. The van der Waals surface area contributed by atoms with E-state index in [9.17, 15) is 18.0 Å². The molecule has 10 heteroatoms. The molecule has 164 valence electrons. The number of rotatable bonds is 2. The standard InChI is InChI=1S/C22H18F3N5O2/c1-29(19-10-32-9-13-2-4-14(7-15(13)19)22(23,24)25)21(31)12-3-5-16-17(6-12)30-11-27-8-18(30)20(26)28-16/h2-8,11,19H,9-10H2,1H3,(H2,26,28). The van der Waals surface area contributed by atoms with Crippen LogP contribution in [0.15, 0.2) is 48.9 Å². The highest BCUT2D eigenvalue weighted by atomic mass is 19.4. The quantitative estimate of drug-likeness (QED) is 0.511. The van der Waals surface area contributed by atoms with Gasteiger partial charge in [0.1, 0.15) is 11.3 Å². The zero-order valence-electron chi connectivity index (χ0n) is 16.9. The second-order valence-electron chi connectivity index (χ2n) is 7.71. The number of imidazole rings is 1. The molecule has 1 aliphatic rings. The van der Waals surface area contributed by atoms with Crippen molar-refractivity contribution in [2.45, 2.75) is 18.8 Å². The second kappa shape index (κ2) is 7.20. The Kier molecular flexibility index (Phi) is 4.55. The fourth-order valence-electron chi connectivity index (χ4n) is 4.06. The number of fused-ring (bicyclic) bond motifs is 4. The van der Waals surface area contributed by atoms with Gasteiger partial charge in [-0.15, -0.1) is 0 Å². The zero-order valence-corrected chi connectivity index (χ0v) is 16.9. The minimum atomic E-state index is -4.47. The zero-order chi connectivity index (χ0) is 22.6. The summed E-state index contributed by atoms with van der Waals surface area (Å²) < 4.78 is 47.1. The van der Waals surface area contributed by atoms with E-state index in [-0.39, 0.29) is 19.1 Å². The normalized spacial score (nSPS) is 16.3. The van der Waals surface area contributed by atoms with Crippen LogP contribution in [-0.4, -0.2) is 38.8 Å². The molecule has 1 atom stereocenters. The highest BCUT2D eigenvalue weighted by Gasteiger charge is 2.34. The van der Waals surface area contributed by atoms with Crippen LogP contribution in [0.4, 0.5) is 19.0 Å². The number of aromatic nitrogens is 3. The van der Waals surface area contributed by atoms with Gasteiger partial charge in [0.25, 0.3) is 5.91 Å². The Labute approximate surface area is 180 Å². The van der Waals surface area contributed by atoms with E-state index in [2.05, 4.69) is 9.97 Å². The number of carbonyl (C=O) groups excluding carboxylic acids is 1. The van der Waals surface area contributed by atoms with Gasteiger partial charge in [-0.1, -0.05) is 6.07 Å². The van der Waals surface area contributed by atoms with Crippen molar-refractivity contribution in [1.29, 1.82) is 0 Å². The van der Waals surface area contributed by atoms with Crippen molar-refractivity contribution < 1.29 is 22.7 Å². The summed E-state index contributed by atoms with van der Waals surface area (Å²) in [5, 5.41) is 0. The average Bonchev–Trinajstić information content (AvgIpc) is 3.28. The van der Waals surface area contributed by atoms with E-state index in [0.717, 1.165) is 12.1 Å². The van der Waals surface area contributed by atoms with Crippen molar-refractivity contribution in [3.05, 3.63) is 71.2 Å². The second-order valence-corrected chi connectivity index (χ2v) is 7.71. The summed E-state index contributed by atoms with van der Waals surface area (Å²) in [6, 6.07) is 7.87. The molecule has 1 aliphatic heterocycles. The molecular weight excluding hydrogens is 423 g/mol. The van der Waals surface area contributed by atoms with Gasteiger partial charge in [0.2, 0.25) is 0 Å². The molecule has 0 aliphatic carbocycles. The number of nitrogens with zero attached hydrogens (tertiary/aromatic N) is 4. The lowest BCUT2D eigenvalue weighted by molar-refractivity contribution is -0.137. The molecule has 5 rings (SSSR count). The smallest absolute Gasteiger partial charge is 0.382 e. The molecule has 2 aromatic carbocycles. The molecule has 0 spiro atoms. The lowest BCUT2D eigenvalue weighted by atomic mass is 9.95. The summed E-state index contributed by atoms with van der Waals surface area (Å²) in [5.41, 5.74) is 8.49. The van der Waals surface area contributed by atoms with Crippen LogP contribution in [0, 0.1) is 0 Å². The first-order valence-corrected chi connectivity index (χ1v) is 9.80. The Morgan fingerprint density at radius 3 is 2.81 bits per heavy atom. The van der Waals surface area contributed by atoms with Gasteiger partial charge in [-0.2, -0.15) is 13.2 Å². The third-order valence-corrected chi connectivity index (χ3v) is 5.78. The Morgan fingerprint density at radius 1 is 1.22 bits per heavy atom. The van der Waals surface area contributed by atoms with Crippen LogP contribution in [0.3, 0.4) is 0 Å². The van der Waals surface area contributed by atoms with Crippen LogP contribution in [-0.2, 0) is 17.5 Å². The van der Waals surface area contributed by atoms with Crippen LogP contribution in [0.25, 0.3) is 16.6 Å². The fourth-order valence-corrected chi connectivity index (χ4v) is 4.06. The molecule has 4 aromatic rings. The number of anilines is 1. The summed E-state index contributed by atoms with van der Waals surface area (Å²) in [7, 11) is 1.56. The van der Waals surface area contributed by atoms with Crippen LogP contribution in [0.5, 0.6) is 0 Å². The Bertz CT molecular complexity index is 1370. The monoisotopic (exact) mass is 441 g/mol. The van der Waals surface area contributed by atoms with Gasteiger partial charge >= 0.3 is 6.18 Å². The number of benzene rings is 2. The maximum Gasteiger partial charge on any atom is 0.416 e. The number of ether oxygens (including phenoxy) is 1. The number of amides is 1. The molecule has 0 bridgehead atoms. The number of nitrogen functional groups attached to an aromatic ring is 1. The van der Waals surface area contributed by atoms with Gasteiger partial charge in [0.15, 0.2) is 0 Å². The predicted molar refractivity (Wildman–Crippen MR) is 111 cm³/mol. The Morgan fingerprint density at radius 2 is 2.03 bits per heavy atom. The molecule has 2 aromatic heterocycles.